The number of carbonyl (C=O) groups is 1. The lowest BCUT2D eigenvalue weighted by Crippen LogP contribution is -2.23. The molecule has 21 heavy (non-hydrogen) atoms. The molecule has 0 fully saturated rings. The zero-order chi connectivity index (χ0) is 15.2. The number of aryl methyl sites for hydroxylation is 2. The molecule has 5 heteroatoms. The zero-order valence-electron chi connectivity index (χ0n) is 12.0. The summed E-state index contributed by atoms with van der Waals surface area (Å²) in [6, 6.07) is 12.9. The molecule has 0 saturated heterocycles. The minimum Gasteiger partial charge on any atom is -0.361 e. The molecule has 2 rings (SSSR count). The van der Waals surface area contributed by atoms with Gasteiger partial charge in [-0.2, -0.15) is 5.26 Å². The molecule has 1 aromatic carbocycles. The number of nitriles is 1. The van der Waals surface area contributed by atoms with E-state index >= 15 is 0 Å². The lowest BCUT2D eigenvalue weighted by Gasteiger charge is -2.12. The Morgan fingerprint density at radius 3 is 2.52 bits per heavy atom. The van der Waals surface area contributed by atoms with Crippen molar-refractivity contribution >= 4 is 17.4 Å². The van der Waals surface area contributed by atoms with Gasteiger partial charge in [-0.3, -0.25) is 4.79 Å². The summed E-state index contributed by atoms with van der Waals surface area (Å²) in [5.74, 6) is 0.349. The molecule has 5 nitrogen and oxygen atoms in total. The topological polar surface area (TPSA) is 77.8 Å². The average molecular weight is 280 g/mol. The molecule has 0 atom stereocenters. The van der Waals surface area contributed by atoms with Crippen molar-refractivity contribution < 1.29 is 4.79 Å². The highest BCUT2D eigenvalue weighted by molar-refractivity contribution is 5.95. The van der Waals surface area contributed by atoms with Crippen molar-refractivity contribution in [2.75, 3.05) is 17.2 Å². The number of para-hydroxylation sites is 1. The van der Waals surface area contributed by atoms with E-state index in [0.717, 1.165) is 16.8 Å². The van der Waals surface area contributed by atoms with Crippen molar-refractivity contribution in [1.82, 2.24) is 4.98 Å². The first-order valence-electron chi connectivity index (χ1n) is 6.57. The average Bonchev–Trinajstić information content (AvgIpc) is 2.49. The Hall–Kier alpha value is -2.87. The van der Waals surface area contributed by atoms with Crippen LogP contribution in [0.4, 0.5) is 11.5 Å². The van der Waals surface area contributed by atoms with Crippen LogP contribution in [0.3, 0.4) is 0 Å². The fraction of sp³-hybridized carbons (Fsp3) is 0.188. The first-order valence-corrected chi connectivity index (χ1v) is 6.57. The number of rotatable bonds is 4. The summed E-state index contributed by atoms with van der Waals surface area (Å²) in [6.45, 7) is 4.00. The molecule has 0 aliphatic rings. The van der Waals surface area contributed by atoms with Crippen LogP contribution in [-0.4, -0.2) is 17.4 Å². The summed E-state index contributed by atoms with van der Waals surface area (Å²) in [7, 11) is 0. The number of nitrogens with one attached hydrogen (secondary N) is 2. The molecule has 2 N–H and O–H groups in total. The van der Waals surface area contributed by atoms with Gasteiger partial charge < -0.3 is 10.6 Å². The van der Waals surface area contributed by atoms with Crippen LogP contribution < -0.4 is 10.6 Å². The van der Waals surface area contributed by atoms with Crippen LogP contribution in [0.15, 0.2) is 36.4 Å². The Morgan fingerprint density at radius 2 is 1.86 bits per heavy atom. The Balaban J connectivity index is 1.98. The van der Waals surface area contributed by atoms with Gasteiger partial charge in [0.25, 0.3) is 0 Å². The van der Waals surface area contributed by atoms with Gasteiger partial charge in [-0.15, -0.1) is 0 Å². The van der Waals surface area contributed by atoms with Gasteiger partial charge in [0.2, 0.25) is 5.91 Å². The third-order valence-corrected chi connectivity index (χ3v) is 3.04. The van der Waals surface area contributed by atoms with Crippen LogP contribution in [0.5, 0.6) is 0 Å². The van der Waals surface area contributed by atoms with Crippen LogP contribution >= 0.6 is 0 Å². The third kappa shape index (κ3) is 3.80. The monoisotopic (exact) mass is 280 g/mol. The lowest BCUT2D eigenvalue weighted by atomic mass is 10.1. The van der Waals surface area contributed by atoms with Gasteiger partial charge >= 0.3 is 0 Å². The fourth-order valence-corrected chi connectivity index (χ4v) is 1.96. The van der Waals surface area contributed by atoms with Crippen LogP contribution in [0, 0.1) is 25.2 Å². The SMILES string of the molecule is Cc1cccc(C)c1NC(=O)CNc1cccc(C#N)n1. The van der Waals surface area contributed by atoms with Gasteiger partial charge in [-0.1, -0.05) is 24.3 Å². The smallest absolute Gasteiger partial charge is 0.243 e. The summed E-state index contributed by atoms with van der Waals surface area (Å²) >= 11 is 0. The Morgan fingerprint density at radius 1 is 1.19 bits per heavy atom. The van der Waals surface area contributed by atoms with Crippen LogP contribution in [-0.2, 0) is 4.79 Å². The molecule has 1 heterocycles. The summed E-state index contributed by atoms with van der Waals surface area (Å²) < 4.78 is 0. The van der Waals surface area contributed by atoms with E-state index in [4.69, 9.17) is 5.26 Å². The van der Waals surface area contributed by atoms with Crippen molar-refractivity contribution in [3.8, 4) is 6.07 Å². The lowest BCUT2D eigenvalue weighted by molar-refractivity contribution is -0.114. The van der Waals surface area contributed by atoms with E-state index < -0.39 is 0 Å². The second-order valence-corrected chi connectivity index (χ2v) is 4.69. The molecule has 2 aromatic rings. The maximum absolute atomic E-state index is 12.0. The largest absolute Gasteiger partial charge is 0.361 e. The Labute approximate surface area is 123 Å². The van der Waals surface area contributed by atoms with E-state index in [1.54, 1.807) is 18.2 Å². The molecule has 0 saturated carbocycles. The Kier molecular flexibility index (Phi) is 4.52. The molecule has 0 radical (unpaired) electrons. The molecule has 1 aromatic heterocycles. The highest BCUT2D eigenvalue weighted by atomic mass is 16.1. The Bertz CT molecular complexity index is 683. The predicted molar refractivity (Wildman–Crippen MR) is 82.0 cm³/mol. The molecule has 1 amide bonds. The quantitative estimate of drug-likeness (QED) is 0.902. The highest BCUT2D eigenvalue weighted by Crippen LogP contribution is 2.19. The van der Waals surface area contributed by atoms with Gasteiger partial charge in [-0.25, -0.2) is 4.98 Å². The number of hydrogen-bond acceptors (Lipinski definition) is 4. The van der Waals surface area contributed by atoms with Crippen LogP contribution in [0.2, 0.25) is 0 Å². The number of carbonyl (C=O) groups excluding carboxylic acids is 1. The normalized spacial score (nSPS) is 9.76. The third-order valence-electron chi connectivity index (χ3n) is 3.04. The first-order chi connectivity index (χ1) is 10.1. The van der Waals surface area contributed by atoms with Crippen LogP contribution in [0.25, 0.3) is 0 Å². The summed E-state index contributed by atoms with van der Waals surface area (Å²) in [6.07, 6.45) is 0. The first kappa shape index (κ1) is 14.5. The van der Waals surface area contributed by atoms with Crippen molar-refractivity contribution in [2.24, 2.45) is 0 Å². The number of nitrogens with zero attached hydrogens (tertiary/aromatic N) is 2. The molecular formula is C16H16N4O. The minimum atomic E-state index is -0.156. The highest BCUT2D eigenvalue weighted by Gasteiger charge is 2.07. The minimum absolute atomic E-state index is 0.0929. The van der Waals surface area contributed by atoms with Crippen molar-refractivity contribution in [3.63, 3.8) is 0 Å². The number of anilines is 2. The van der Waals surface area contributed by atoms with Gasteiger partial charge in [-0.05, 0) is 37.1 Å². The van der Waals surface area contributed by atoms with Gasteiger partial charge in [0, 0.05) is 5.69 Å². The van der Waals surface area contributed by atoms with Gasteiger partial charge in [0.1, 0.15) is 17.6 Å². The molecule has 106 valence electrons. The van der Waals surface area contributed by atoms with Gasteiger partial charge in [0.15, 0.2) is 0 Å². The molecule has 0 spiro atoms. The van der Waals surface area contributed by atoms with E-state index in [2.05, 4.69) is 15.6 Å². The summed E-state index contributed by atoms with van der Waals surface area (Å²) in [5, 5.41) is 14.6. The van der Waals surface area contributed by atoms with Crippen LogP contribution in [0.1, 0.15) is 16.8 Å². The van der Waals surface area contributed by atoms with Crippen molar-refractivity contribution in [3.05, 3.63) is 53.2 Å². The number of pyridine rings is 1. The summed E-state index contributed by atoms with van der Waals surface area (Å²) in [5.41, 5.74) is 3.19. The van der Waals surface area contributed by atoms with Gasteiger partial charge in [0.05, 0.1) is 6.54 Å². The number of hydrogen-bond donors (Lipinski definition) is 2. The second-order valence-electron chi connectivity index (χ2n) is 4.69. The number of amides is 1. The van der Waals surface area contributed by atoms with E-state index in [1.807, 2.05) is 38.1 Å². The number of aromatic nitrogens is 1. The summed E-state index contributed by atoms with van der Waals surface area (Å²) in [4.78, 5) is 16.0. The zero-order valence-corrected chi connectivity index (χ0v) is 12.0. The molecule has 0 aliphatic heterocycles. The standard InChI is InChI=1S/C16H16N4O/c1-11-5-3-6-12(2)16(11)20-15(21)10-18-14-8-4-7-13(9-17)19-14/h3-8H,10H2,1-2H3,(H,18,19)(H,20,21). The second kappa shape index (κ2) is 6.53. The number of benzene rings is 1. The van der Waals surface area contributed by atoms with E-state index in [1.165, 1.54) is 0 Å². The molecule has 0 aliphatic carbocycles. The van der Waals surface area contributed by atoms with E-state index in [9.17, 15) is 4.79 Å². The van der Waals surface area contributed by atoms with Crippen molar-refractivity contribution in [2.45, 2.75) is 13.8 Å². The maximum atomic E-state index is 12.0. The molecule has 0 unspecified atom stereocenters. The predicted octanol–water partition coefficient (Wildman–Crippen LogP) is 2.62. The van der Waals surface area contributed by atoms with Crippen molar-refractivity contribution in [1.29, 1.82) is 5.26 Å². The molecule has 0 bridgehead atoms. The van der Waals surface area contributed by atoms with E-state index in [-0.39, 0.29) is 12.5 Å². The fourth-order valence-electron chi connectivity index (χ4n) is 1.96. The molecular weight excluding hydrogens is 264 g/mol. The maximum Gasteiger partial charge on any atom is 0.243 e. The van der Waals surface area contributed by atoms with E-state index in [0.29, 0.717) is 11.5 Å².